The molecule has 0 saturated carbocycles. The van der Waals surface area contributed by atoms with Gasteiger partial charge in [0.05, 0.1) is 0 Å². The van der Waals surface area contributed by atoms with Crippen LogP contribution in [0, 0.1) is 0 Å². The second kappa shape index (κ2) is 9.38. The maximum atomic E-state index is 12.3. The Balaban J connectivity index is 0.00000132. The molecule has 6 heteroatoms. The Labute approximate surface area is 148 Å². The van der Waals surface area contributed by atoms with Crippen molar-refractivity contribution in [3.63, 3.8) is 0 Å². The molecular weight excluding hydrogens is 333 g/mol. The number of pyridine rings is 1. The van der Waals surface area contributed by atoms with Crippen LogP contribution in [0.3, 0.4) is 0 Å². The number of nitrogens with one attached hydrogen (secondary N) is 2. The number of hydrogen-bond donors (Lipinski definition) is 2. The molecule has 4 nitrogen and oxygen atoms in total. The summed E-state index contributed by atoms with van der Waals surface area (Å²) in [4.78, 5) is 16.6. The summed E-state index contributed by atoms with van der Waals surface area (Å²) in [5.41, 5.74) is 4.02. The molecule has 1 amide bonds. The molecule has 3 rings (SSSR count). The number of hydrogen-bond acceptors (Lipinski definition) is 3. The highest BCUT2D eigenvalue weighted by Crippen LogP contribution is 2.25. The second-order valence-corrected chi connectivity index (χ2v) is 5.19. The fourth-order valence-electron chi connectivity index (χ4n) is 2.67. The van der Waals surface area contributed by atoms with Gasteiger partial charge in [0.1, 0.15) is 0 Å². The Morgan fingerprint density at radius 3 is 2.83 bits per heavy atom. The molecule has 0 aliphatic carbocycles. The lowest BCUT2D eigenvalue weighted by Crippen LogP contribution is -2.28. The molecule has 1 aliphatic heterocycles. The molecule has 2 N–H and O–H groups in total. The maximum Gasteiger partial charge on any atom is 0.251 e. The van der Waals surface area contributed by atoms with Crippen molar-refractivity contribution in [1.82, 2.24) is 10.3 Å². The van der Waals surface area contributed by atoms with Crippen molar-refractivity contribution in [2.24, 2.45) is 0 Å². The highest BCUT2D eigenvalue weighted by Gasteiger charge is 2.16. The number of carbonyl (C=O) groups excluding carboxylic acids is 1. The van der Waals surface area contributed by atoms with Gasteiger partial charge in [0.15, 0.2) is 0 Å². The molecule has 1 aromatic heterocycles. The maximum absolute atomic E-state index is 12.3. The van der Waals surface area contributed by atoms with Crippen LogP contribution < -0.4 is 10.6 Å². The van der Waals surface area contributed by atoms with Crippen molar-refractivity contribution >= 4 is 36.4 Å². The normalized spacial score (nSPS) is 12.0. The molecule has 1 aromatic carbocycles. The highest BCUT2D eigenvalue weighted by molar-refractivity contribution is 5.97. The molecule has 0 atom stereocenters. The summed E-state index contributed by atoms with van der Waals surface area (Å²) >= 11 is 0. The number of anilines is 1. The van der Waals surface area contributed by atoms with E-state index in [1.54, 1.807) is 6.20 Å². The zero-order valence-corrected chi connectivity index (χ0v) is 14.4. The van der Waals surface area contributed by atoms with Crippen LogP contribution in [0.4, 0.5) is 5.69 Å². The highest BCUT2D eigenvalue weighted by atomic mass is 35.5. The minimum absolute atomic E-state index is 0. The number of rotatable bonds is 4. The standard InChI is InChI=1S/C17H19N3O.2ClH/c21-17(20-12-9-13-5-1-2-10-18-13)15-6-3-8-16-14(15)7-4-11-19-16;;/h1-3,5-6,8,10,19H,4,7,9,11-12H2,(H,20,21);2*1H. The first-order valence-electron chi connectivity index (χ1n) is 7.38. The van der Waals surface area contributed by atoms with Crippen LogP contribution in [0.5, 0.6) is 0 Å². The zero-order valence-electron chi connectivity index (χ0n) is 12.7. The third-order valence-electron chi connectivity index (χ3n) is 3.73. The molecule has 0 bridgehead atoms. The van der Waals surface area contributed by atoms with Gasteiger partial charge in [-0.25, -0.2) is 0 Å². The Kier molecular flexibility index (Phi) is 7.86. The average Bonchev–Trinajstić information content (AvgIpc) is 2.55. The van der Waals surface area contributed by atoms with Gasteiger partial charge in [-0.2, -0.15) is 0 Å². The summed E-state index contributed by atoms with van der Waals surface area (Å²) in [5.74, 6) is 0.00600. The van der Waals surface area contributed by atoms with Gasteiger partial charge in [0.25, 0.3) is 5.91 Å². The molecule has 0 saturated heterocycles. The summed E-state index contributed by atoms with van der Waals surface area (Å²) in [6.45, 7) is 1.59. The number of aromatic nitrogens is 1. The van der Waals surface area contributed by atoms with Gasteiger partial charge in [-0.15, -0.1) is 24.8 Å². The number of halogens is 2. The zero-order chi connectivity index (χ0) is 14.5. The molecule has 2 aromatic rings. The molecule has 1 aliphatic rings. The first kappa shape index (κ1) is 19.3. The van der Waals surface area contributed by atoms with Crippen LogP contribution in [-0.4, -0.2) is 24.0 Å². The summed E-state index contributed by atoms with van der Waals surface area (Å²) in [6, 6.07) is 11.7. The lowest BCUT2D eigenvalue weighted by Gasteiger charge is -2.20. The molecule has 23 heavy (non-hydrogen) atoms. The van der Waals surface area contributed by atoms with Gasteiger partial charge in [-0.1, -0.05) is 12.1 Å². The SMILES string of the molecule is Cl.Cl.O=C(NCCc1ccccn1)c1cccc2c1CCCN2. The fourth-order valence-corrected chi connectivity index (χ4v) is 2.67. The molecule has 2 heterocycles. The van der Waals surface area contributed by atoms with Crippen LogP contribution in [0.1, 0.15) is 28.0 Å². The van der Waals surface area contributed by atoms with Crippen molar-refractivity contribution in [2.75, 3.05) is 18.4 Å². The Bertz CT molecular complexity index is 635. The minimum atomic E-state index is 0. The van der Waals surface area contributed by atoms with Gasteiger partial charge < -0.3 is 10.6 Å². The predicted octanol–water partition coefficient (Wildman–Crippen LogP) is 3.26. The van der Waals surface area contributed by atoms with Crippen molar-refractivity contribution in [1.29, 1.82) is 0 Å². The van der Waals surface area contributed by atoms with Crippen molar-refractivity contribution in [3.8, 4) is 0 Å². The first-order chi connectivity index (χ1) is 10.3. The number of carbonyl (C=O) groups is 1. The Morgan fingerprint density at radius 2 is 2.04 bits per heavy atom. The van der Waals surface area contributed by atoms with E-state index in [-0.39, 0.29) is 30.7 Å². The Morgan fingerprint density at radius 1 is 1.17 bits per heavy atom. The van der Waals surface area contributed by atoms with Gasteiger partial charge >= 0.3 is 0 Å². The summed E-state index contributed by atoms with van der Waals surface area (Å²) in [7, 11) is 0. The summed E-state index contributed by atoms with van der Waals surface area (Å²) in [5, 5.41) is 6.34. The van der Waals surface area contributed by atoms with Gasteiger partial charge in [0.2, 0.25) is 0 Å². The first-order valence-corrected chi connectivity index (χ1v) is 7.38. The van der Waals surface area contributed by atoms with Crippen LogP contribution in [0.25, 0.3) is 0 Å². The monoisotopic (exact) mass is 353 g/mol. The molecule has 0 spiro atoms. The van der Waals surface area contributed by atoms with E-state index in [9.17, 15) is 4.79 Å². The molecule has 0 unspecified atom stereocenters. The second-order valence-electron chi connectivity index (χ2n) is 5.19. The van der Waals surface area contributed by atoms with E-state index in [0.29, 0.717) is 6.54 Å². The van der Waals surface area contributed by atoms with E-state index in [1.807, 2.05) is 36.4 Å². The lowest BCUT2D eigenvalue weighted by molar-refractivity contribution is 0.0953. The number of fused-ring (bicyclic) bond motifs is 1. The quantitative estimate of drug-likeness (QED) is 0.886. The van der Waals surface area contributed by atoms with Crippen LogP contribution in [0.15, 0.2) is 42.6 Å². The predicted molar refractivity (Wildman–Crippen MR) is 98.0 cm³/mol. The van der Waals surface area contributed by atoms with Crippen molar-refractivity contribution < 1.29 is 4.79 Å². The third-order valence-corrected chi connectivity index (χ3v) is 3.73. The topological polar surface area (TPSA) is 54.0 Å². The Hall–Kier alpha value is -1.78. The third kappa shape index (κ3) is 4.85. The van der Waals surface area contributed by atoms with Crippen molar-refractivity contribution in [3.05, 3.63) is 59.4 Å². The van der Waals surface area contributed by atoms with Gasteiger partial charge in [0, 0.05) is 42.7 Å². The van der Waals surface area contributed by atoms with E-state index in [4.69, 9.17) is 0 Å². The molecule has 0 radical (unpaired) electrons. The minimum Gasteiger partial charge on any atom is -0.385 e. The van der Waals surface area contributed by atoms with Crippen LogP contribution in [0.2, 0.25) is 0 Å². The van der Waals surface area contributed by atoms with Crippen molar-refractivity contribution in [2.45, 2.75) is 19.3 Å². The van der Waals surface area contributed by atoms with E-state index in [2.05, 4.69) is 15.6 Å². The largest absolute Gasteiger partial charge is 0.385 e. The van der Waals surface area contributed by atoms with E-state index < -0.39 is 0 Å². The lowest BCUT2D eigenvalue weighted by atomic mass is 9.97. The van der Waals surface area contributed by atoms with Crippen LogP contribution >= 0.6 is 24.8 Å². The van der Waals surface area contributed by atoms with E-state index >= 15 is 0 Å². The number of benzene rings is 1. The average molecular weight is 354 g/mol. The smallest absolute Gasteiger partial charge is 0.251 e. The van der Waals surface area contributed by atoms with Gasteiger partial charge in [-0.3, -0.25) is 9.78 Å². The molecule has 124 valence electrons. The van der Waals surface area contributed by atoms with Crippen LogP contribution in [-0.2, 0) is 12.8 Å². The summed E-state index contributed by atoms with van der Waals surface area (Å²) in [6.07, 6.45) is 4.56. The van der Waals surface area contributed by atoms with E-state index in [0.717, 1.165) is 48.3 Å². The van der Waals surface area contributed by atoms with Gasteiger partial charge in [-0.05, 0) is 42.7 Å². The number of amides is 1. The summed E-state index contributed by atoms with van der Waals surface area (Å²) < 4.78 is 0. The fraction of sp³-hybridized carbons (Fsp3) is 0.294. The molecular formula is C17H21Cl2N3O. The number of nitrogens with zero attached hydrogens (tertiary/aromatic N) is 1. The molecule has 0 fully saturated rings. The van der Waals surface area contributed by atoms with E-state index in [1.165, 1.54) is 0 Å².